The van der Waals surface area contributed by atoms with Crippen molar-refractivity contribution in [2.45, 2.75) is 0 Å². The lowest BCUT2D eigenvalue weighted by Crippen LogP contribution is -1.20. The minimum atomic E-state index is 1.00. The highest BCUT2D eigenvalue weighted by Crippen LogP contribution is 1.85. The maximum absolute atomic E-state index is 7.00. The second-order valence-electron chi connectivity index (χ2n) is 1.22. The standard InChI is InChI=1S/2C2H4O.O2/c2*1-2-3-1;1-2/h2*1-2H2;. The van der Waals surface area contributed by atoms with E-state index in [1.807, 2.05) is 0 Å². The fourth-order valence-electron chi connectivity index (χ4n) is 0. The van der Waals surface area contributed by atoms with Crippen LogP contribution in [0.15, 0.2) is 0 Å². The molecule has 0 aliphatic carbocycles. The van der Waals surface area contributed by atoms with Crippen molar-refractivity contribution in [1.82, 2.24) is 0 Å². The van der Waals surface area contributed by atoms with Crippen molar-refractivity contribution >= 4 is 0 Å². The highest BCUT2D eigenvalue weighted by atomic mass is 16.7. The van der Waals surface area contributed by atoms with Gasteiger partial charge in [0.05, 0.1) is 26.4 Å². The predicted molar refractivity (Wildman–Crippen MR) is 28.4 cm³/mol. The van der Waals surface area contributed by atoms with Gasteiger partial charge in [0, 0.05) is 9.93 Å². The summed E-state index contributed by atoms with van der Waals surface area (Å²) in [5.74, 6) is 0. The van der Waals surface area contributed by atoms with Crippen LogP contribution in [0, 0.1) is 9.93 Å². The van der Waals surface area contributed by atoms with Crippen LogP contribution in [-0.2, 0) is 9.47 Å². The van der Waals surface area contributed by atoms with Crippen LogP contribution in [-0.4, -0.2) is 26.4 Å². The van der Waals surface area contributed by atoms with Crippen LogP contribution >= 0.6 is 0 Å². The molecule has 2 aliphatic rings. The Bertz CT molecular complexity index is 31.8. The maximum atomic E-state index is 7.00. The second kappa shape index (κ2) is 6.52. The number of hydrogen-bond donors (Lipinski definition) is 0. The van der Waals surface area contributed by atoms with Gasteiger partial charge in [0.25, 0.3) is 0 Å². The molecule has 0 aromatic carbocycles. The topological polar surface area (TPSA) is 59.2 Å². The van der Waals surface area contributed by atoms with Gasteiger partial charge in [-0.3, -0.25) is 0 Å². The molecule has 0 radical (unpaired) electrons. The average Bonchev–Trinajstić information content (AvgIpc) is 2.67. The molecule has 0 unspecified atom stereocenters. The first-order chi connectivity index (χ1) is 4.00. The molecule has 0 atom stereocenters. The minimum Gasteiger partial charge on any atom is -0.377 e. The molecule has 0 N–H and O–H groups in total. The third kappa shape index (κ3) is 48.8. The summed E-state index contributed by atoms with van der Waals surface area (Å²) in [7, 11) is 0. The van der Waals surface area contributed by atoms with E-state index >= 15 is 0 Å². The number of ether oxygens (including phenoxy) is 2. The van der Waals surface area contributed by atoms with E-state index in [4.69, 9.17) is 9.93 Å². The van der Waals surface area contributed by atoms with Crippen LogP contribution in [0.25, 0.3) is 0 Å². The largest absolute Gasteiger partial charge is 0.377 e. The van der Waals surface area contributed by atoms with Crippen molar-refractivity contribution < 1.29 is 9.47 Å². The Balaban J connectivity index is 0.0000000957. The molecule has 0 bridgehead atoms. The van der Waals surface area contributed by atoms with Crippen LogP contribution < -0.4 is 0 Å². The second-order valence-corrected chi connectivity index (χ2v) is 1.22. The van der Waals surface area contributed by atoms with Crippen molar-refractivity contribution in [2.24, 2.45) is 0 Å². The minimum absolute atomic E-state index is 1.00. The first-order valence-corrected chi connectivity index (χ1v) is 2.32. The summed E-state index contributed by atoms with van der Waals surface area (Å²) in [5, 5.41) is 0. The maximum Gasteiger partial charge on any atom is 0.0701 e. The van der Waals surface area contributed by atoms with Gasteiger partial charge in [-0.15, -0.1) is 0 Å². The molecular weight excluding hydrogens is 112 g/mol. The summed E-state index contributed by atoms with van der Waals surface area (Å²) in [5.41, 5.74) is 0. The molecule has 0 aromatic heterocycles. The van der Waals surface area contributed by atoms with Crippen LogP contribution in [0.5, 0.6) is 0 Å². The van der Waals surface area contributed by atoms with Crippen molar-refractivity contribution in [3.63, 3.8) is 0 Å². The van der Waals surface area contributed by atoms with Crippen molar-refractivity contribution in [3.05, 3.63) is 9.93 Å². The lowest BCUT2D eigenvalue weighted by atomic mass is 11.0. The Hall–Kier alpha value is -0.480. The molecule has 8 heavy (non-hydrogen) atoms. The van der Waals surface area contributed by atoms with Gasteiger partial charge < -0.3 is 9.47 Å². The summed E-state index contributed by atoms with van der Waals surface area (Å²) in [6, 6.07) is 0. The van der Waals surface area contributed by atoms with E-state index in [1.54, 1.807) is 0 Å². The van der Waals surface area contributed by atoms with Gasteiger partial charge >= 0.3 is 0 Å². The summed E-state index contributed by atoms with van der Waals surface area (Å²) < 4.78 is 9.00. The van der Waals surface area contributed by atoms with Gasteiger partial charge in [-0.05, 0) is 0 Å². The zero-order valence-electron chi connectivity index (χ0n) is 4.46. The van der Waals surface area contributed by atoms with E-state index in [1.165, 1.54) is 0 Å². The lowest BCUT2D eigenvalue weighted by molar-refractivity contribution is 0.475. The SMILES string of the molecule is C1CO1.C1CO1.O=O. The zero-order valence-corrected chi connectivity index (χ0v) is 4.46. The Labute approximate surface area is 47.0 Å². The van der Waals surface area contributed by atoms with E-state index in [0.29, 0.717) is 0 Å². The van der Waals surface area contributed by atoms with Crippen LogP contribution in [0.2, 0.25) is 0 Å². The third-order valence-electron chi connectivity index (χ3n) is 0.408. The highest BCUT2D eigenvalue weighted by Gasteiger charge is 1.94. The van der Waals surface area contributed by atoms with Gasteiger partial charge in [-0.2, -0.15) is 0 Å². The van der Waals surface area contributed by atoms with Crippen LogP contribution in [0.1, 0.15) is 0 Å². The molecule has 2 heterocycles. The van der Waals surface area contributed by atoms with Gasteiger partial charge in [0.2, 0.25) is 0 Å². The molecular formula is C4H8O4. The Morgan fingerprint density at radius 2 is 0.875 bits per heavy atom. The molecule has 4 nitrogen and oxygen atoms in total. The van der Waals surface area contributed by atoms with Gasteiger partial charge in [0.15, 0.2) is 0 Å². The summed E-state index contributed by atoms with van der Waals surface area (Å²) in [6.07, 6.45) is 0. The average molecular weight is 120 g/mol. The molecule has 2 saturated heterocycles. The first-order valence-electron chi connectivity index (χ1n) is 2.32. The summed E-state index contributed by atoms with van der Waals surface area (Å²) in [4.78, 5) is 14.0. The number of epoxide rings is 2. The lowest BCUT2D eigenvalue weighted by Gasteiger charge is -1.24. The van der Waals surface area contributed by atoms with Crippen molar-refractivity contribution in [3.8, 4) is 0 Å². The molecule has 4 heteroatoms. The fourth-order valence-corrected chi connectivity index (χ4v) is 0. The smallest absolute Gasteiger partial charge is 0.0701 e. The molecule has 0 saturated carbocycles. The zero-order chi connectivity index (χ0) is 6.24. The van der Waals surface area contributed by atoms with Gasteiger partial charge in [0.1, 0.15) is 0 Å². The summed E-state index contributed by atoms with van der Waals surface area (Å²) >= 11 is 0. The normalized spacial score (nSPS) is 18.5. The fraction of sp³-hybridized carbons (Fsp3) is 1.00. The molecule has 0 amide bonds. The highest BCUT2D eigenvalue weighted by molar-refractivity contribution is 4.37. The quantitative estimate of drug-likeness (QED) is 0.425. The van der Waals surface area contributed by atoms with Gasteiger partial charge in [-0.1, -0.05) is 0 Å². The number of hydrogen-bond acceptors (Lipinski definition) is 4. The van der Waals surface area contributed by atoms with E-state index < -0.39 is 0 Å². The Morgan fingerprint density at radius 3 is 0.875 bits per heavy atom. The van der Waals surface area contributed by atoms with Crippen LogP contribution in [0.4, 0.5) is 0 Å². The monoisotopic (exact) mass is 120 g/mol. The molecule has 0 spiro atoms. The summed E-state index contributed by atoms with van der Waals surface area (Å²) in [6.45, 7) is 4.00. The molecule has 0 aromatic rings. The Morgan fingerprint density at radius 1 is 0.750 bits per heavy atom. The molecule has 2 rings (SSSR count). The third-order valence-corrected chi connectivity index (χ3v) is 0.408. The van der Waals surface area contributed by atoms with E-state index in [0.717, 1.165) is 26.4 Å². The van der Waals surface area contributed by atoms with E-state index in [9.17, 15) is 0 Å². The van der Waals surface area contributed by atoms with E-state index in [-0.39, 0.29) is 0 Å². The number of rotatable bonds is 0. The first kappa shape index (κ1) is 7.52. The van der Waals surface area contributed by atoms with E-state index in [2.05, 4.69) is 9.47 Å². The Kier molecular flexibility index (Phi) is 6.13. The van der Waals surface area contributed by atoms with Crippen molar-refractivity contribution in [1.29, 1.82) is 0 Å². The molecule has 2 aliphatic heterocycles. The predicted octanol–water partition coefficient (Wildman–Crippen LogP) is 0.100. The van der Waals surface area contributed by atoms with Crippen LogP contribution in [0.3, 0.4) is 0 Å². The molecule has 2 fully saturated rings. The molecule has 48 valence electrons. The van der Waals surface area contributed by atoms with Gasteiger partial charge in [-0.25, -0.2) is 0 Å². The van der Waals surface area contributed by atoms with Crippen molar-refractivity contribution in [2.75, 3.05) is 26.4 Å².